The lowest BCUT2D eigenvalue weighted by Gasteiger charge is -2.05. The Kier molecular flexibility index (Phi) is 2.86. The Balaban J connectivity index is 2.93. The molecule has 0 aromatic carbocycles. The number of hydrogen-bond donors (Lipinski definition) is 0. The summed E-state index contributed by atoms with van der Waals surface area (Å²) in [4.78, 5) is 4.32. The second kappa shape index (κ2) is 3.51. The highest BCUT2D eigenvalue weighted by Gasteiger charge is 2.10. The van der Waals surface area contributed by atoms with Crippen molar-refractivity contribution in [3.63, 3.8) is 0 Å². The van der Waals surface area contributed by atoms with Crippen LogP contribution >= 0.6 is 22.6 Å². The molecule has 62 valence electrons. The van der Waals surface area contributed by atoms with Gasteiger partial charge in [-0.05, 0) is 6.42 Å². The van der Waals surface area contributed by atoms with Gasteiger partial charge in [-0.3, -0.25) is 4.68 Å². The van der Waals surface area contributed by atoms with Crippen molar-refractivity contribution < 1.29 is 0 Å². The van der Waals surface area contributed by atoms with E-state index in [1.807, 2.05) is 11.7 Å². The molecule has 0 aliphatic heterocycles. The Hall–Kier alpha value is -0.130. The van der Waals surface area contributed by atoms with E-state index < -0.39 is 0 Å². The number of rotatable bonds is 2. The Morgan fingerprint density at radius 1 is 1.64 bits per heavy atom. The molecule has 3 nitrogen and oxygen atoms in total. The Morgan fingerprint density at radius 3 is 2.64 bits per heavy atom. The normalized spacial score (nSPS) is 13.5. The van der Waals surface area contributed by atoms with E-state index in [1.165, 1.54) is 0 Å². The van der Waals surface area contributed by atoms with Crippen LogP contribution in [0.25, 0.3) is 0 Å². The van der Waals surface area contributed by atoms with Gasteiger partial charge in [0, 0.05) is 35.6 Å². The smallest absolute Gasteiger partial charge is 0.211 e. The van der Waals surface area contributed by atoms with Crippen LogP contribution in [0, 0.1) is 3.83 Å². The predicted molar refractivity (Wildman–Crippen MR) is 52.4 cm³/mol. The molecule has 0 amide bonds. The van der Waals surface area contributed by atoms with Crippen molar-refractivity contribution >= 4 is 22.6 Å². The molecule has 1 unspecified atom stereocenters. The topological polar surface area (TPSA) is 30.7 Å². The van der Waals surface area contributed by atoms with Crippen LogP contribution in [0.1, 0.15) is 32.0 Å². The molecule has 0 aliphatic rings. The lowest BCUT2D eigenvalue weighted by molar-refractivity contribution is 0.609. The van der Waals surface area contributed by atoms with E-state index in [1.54, 1.807) is 0 Å². The van der Waals surface area contributed by atoms with Crippen LogP contribution in [0.4, 0.5) is 0 Å². The van der Waals surface area contributed by atoms with Crippen molar-refractivity contribution in [2.45, 2.75) is 26.2 Å². The lowest BCUT2D eigenvalue weighted by Crippen LogP contribution is -2.02. The van der Waals surface area contributed by atoms with Crippen LogP contribution in [0.15, 0.2) is 0 Å². The minimum atomic E-state index is 0.510. The van der Waals surface area contributed by atoms with E-state index in [4.69, 9.17) is 0 Å². The average molecular weight is 265 g/mol. The van der Waals surface area contributed by atoms with Gasteiger partial charge < -0.3 is 0 Å². The van der Waals surface area contributed by atoms with Crippen LogP contribution in [0.5, 0.6) is 0 Å². The number of nitrogens with zero attached hydrogens (tertiary/aromatic N) is 3. The van der Waals surface area contributed by atoms with Crippen molar-refractivity contribution in [1.82, 2.24) is 14.8 Å². The summed E-state index contributed by atoms with van der Waals surface area (Å²) in [6, 6.07) is 0. The van der Waals surface area contributed by atoms with Crippen molar-refractivity contribution in [2.75, 3.05) is 0 Å². The third-order valence-electron chi connectivity index (χ3n) is 1.82. The molecule has 0 radical (unpaired) electrons. The Labute approximate surface area is 80.3 Å². The van der Waals surface area contributed by atoms with Crippen LogP contribution in [0.3, 0.4) is 0 Å². The molecule has 0 aliphatic carbocycles. The highest BCUT2D eigenvalue weighted by atomic mass is 127. The molecule has 1 aromatic heterocycles. The largest absolute Gasteiger partial charge is 0.252 e. The molecular formula is C7H12IN3. The highest BCUT2D eigenvalue weighted by molar-refractivity contribution is 14.1. The third kappa shape index (κ3) is 1.91. The van der Waals surface area contributed by atoms with E-state index in [9.17, 15) is 0 Å². The van der Waals surface area contributed by atoms with Gasteiger partial charge >= 0.3 is 0 Å². The van der Waals surface area contributed by atoms with E-state index >= 15 is 0 Å². The molecular weight excluding hydrogens is 253 g/mol. The summed E-state index contributed by atoms with van der Waals surface area (Å²) in [7, 11) is 1.94. The van der Waals surface area contributed by atoms with Crippen LogP contribution < -0.4 is 0 Å². The van der Waals surface area contributed by atoms with Crippen molar-refractivity contribution in [3.8, 4) is 0 Å². The first-order valence-electron chi connectivity index (χ1n) is 3.71. The van der Waals surface area contributed by atoms with Crippen LogP contribution in [-0.4, -0.2) is 14.8 Å². The molecule has 1 atom stereocenters. The summed E-state index contributed by atoms with van der Waals surface area (Å²) in [5.74, 6) is 1.59. The lowest BCUT2D eigenvalue weighted by atomic mass is 10.1. The van der Waals surface area contributed by atoms with Gasteiger partial charge in [-0.2, -0.15) is 0 Å². The maximum absolute atomic E-state index is 4.32. The van der Waals surface area contributed by atoms with Crippen molar-refractivity contribution in [2.24, 2.45) is 7.05 Å². The van der Waals surface area contributed by atoms with Gasteiger partial charge in [0.2, 0.25) is 3.83 Å². The molecule has 1 rings (SSSR count). The zero-order chi connectivity index (χ0) is 8.43. The molecule has 0 saturated carbocycles. The highest BCUT2D eigenvalue weighted by Crippen LogP contribution is 2.15. The molecule has 4 heteroatoms. The monoisotopic (exact) mass is 265 g/mol. The van der Waals surface area contributed by atoms with E-state index in [2.05, 4.69) is 46.5 Å². The van der Waals surface area contributed by atoms with E-state index in [0.29, 0.717) is 5.92 Å². The fourth-order valence-electron chi connectivity index (χ4n) is 0.976. The van der Waals surface area contributed by atoms with Crippen LogP contribution in [0.2, 0.25) is 0 Å². The molecule has 11 heavy (non-hydrogen) atoms. The van der Waals surface area contributed by atoms with Gasteiger partial charge in [0.1, 0.15) is 5.82 Å². The summed E-state index contributed by atoms with van der Waals surface area (Å²) in [6.45, 7) is 4.33. The van der Waals surface area contributed by atoms with Gasteiger partial charge in [-0.15, -0.1) is 5.10 Å². The second-order valence-electron chi connectivity index (χ2n) is 2.67. The quantitative estimate of drug-likeness (QED) is 0.765. The standard InChI is InChI=1S/C7H12IN3/c1-4-5(2)6-9-7(8)10-11(6)3/h5H,4H2,1-3H3. The number of aromatic nitrogens is 3. The summed E-state index contributed by atoms with van der Waals surface area (Å²) in [5, 5.41) is 4.17. The number of aryl methyl sites for hydroxylation is 1. The van der Waals surface area contributed by atoms with E-state index in [-0.39, 0.29) is 0 Å². The second-order valence-corrected chi connectivity index (χ2v) is 3.64. The zero-order valence-corrected chi connectivity index (χ0v) is 9.16. The number of halogens is 1. The molecule has 0 bridgehead atoms. The van der Waals surface area contributed by atoms with Crippen LogP contribution in [-0.2, 0) is 7.05 Å². The third-order valence-corrected chi connectivity index (χ3v) is 2.28. The maximum Gasteiger partial charge on any atom is 0.211 e. The summed E-state index contributed by atoms with van der Waals surface area (Å²) in [5.41, 5.74) is 0. The first-order valence-corrected chi connectivity index (χ1v) is 4.79. The molecule has 0 N–H and O–H groups in total. The van der Waals surface area contributed by atoms with Crippen molar-refractivity contribution in [1.29, 1.82) is 0 Å². The summed E-state index contributed by atoms with van der Waals surface area (Å²) in [6.07, 6.45) is 1.11. The summed E-state index contributed by atoms with van der Waals surface area (Å²) >= 11 is 2.13. The zero-order valence-electron chi connectivity index (χ0n) is 7.00. The van der Waals surface area contributed by atoms with Gasteiger partial charge in [-0.1, -0.05) is 13.8 Å². The first-order chi connectivity index (χ1) is 5.15. The fourth-order valence-corrected chi connectivity index (χ4v) is 1.55. The van der Waals surface area contributed by atoms with Gasteiger partial charge in [0.25, 0.3) is 0 Å². The maximum atomic E-state index is 4.32. The molecule has 1 aromatic rings. The predicted octanol–water partition coefficient (Wildman–Crippen LogP) is 1.93. The minimum absolute atomic E-state index is 0.510. The van der Waals surface area contributed by atoms with Gasteiger partial charge in [0.15, 0.2) is 0 Å². The Morgan fingerprint density at radius 2 is 2.27 bits per heavy atom. The van der Waals surface area contributed by atoms with Gasteiger partial charge in [-0.25, -0.2) is 4.98 Å². The van der Waals surface area contributed by atoms with Crippen molar-refractivity contribution in [3.05, 3.63) is 9.66 Å². The fraction of sp³-hybridized carbons (Fsp3) is 0.714. The molecule has 1 heterocycles. The molecule has 0 saturated heterocycles. The first kappa shape index (κ1) is 8.96. The summed E-state index contributed by atoms with van der Waals surface area (Å²) < 4.78 is 2.69. The molecule has 0 spiro atoms. The SMILES string of the molecule is CCC(C)c1nc(I)nn1C. The number of hydrogen-bond acceptors (Lipinski definition) is 2. The average Bonchev–Trinajstić information content (AvgIpc) is 2.28. The molecule has 0 fully saturated rings. The van der Waals surface area contributed by atoms with Gasteiger partial charge in [0.05, 0.1) is 0 Å². The Bertz CT molecular complexity index is 244. The minimum Gasteiger partial charge on any atom is -0.252 e. The van der Waals surface area contributed by atoms with E-state index in [0.717, 1.165) is 16.1 Å².